The van der Waals surface area contributed by atoms with Gasteiger partial charge >= 0.3 is 0 Å². The molecule has 0 unspecified atom stereocenters. The van der Waals surface area contributed by atoms with Gasteiger partial charge in [0, 0.05) is 36.4 Å². The van der Waals surface area contributed by atoms with E-state index in [0.717, 1.165) is 55.6 Å². The normalized spacial score (nSPS) is 22.4. The van der Waals surface area contributed by atoms with E-state index in [1.54, 1.807) is 6.20 Å². The summed E-state index contributed by atoms with van der Waals surface area (Å²) in [7, 11) is 0. The fourth-order valence-corrected chi connectivity index (χ4v) is 5.56. The molecule has 2 saturated heterocycles. The molecule has 5 nitrogen and oxygen atoms in total. The zero-order valence-corrected chi connectivity index (χ0v) is 19.4. The number of rotatable bonds is 6. The quantitative estimate of drug-likeness (QED) is 0.551. The average molecular weight is 441 g/mol. The van der Waals surface area contributed by atoms with E-state index in [0.29, 0.717) is 11.6 Å². The van der Waals surface area contributed by atoms with Crippen molar-refractivity contribution >= 4 is 16.6 Å². The van der Waals surface area contributed by atoms with Crippen LogP contribution in [-0.4, -0.2) is 54.3 Å². The van der Waals surface area contributed by atoms with E-state index in [-0.39, 0.29) is 12.2 Å². The van der Waals surface area contributed by atoms with Crippen LogP contribution >= 0.6 is 0 Å². The average Bonchev–Trinajstić information content (AvgIpc) is 3.38. The number of pyridine rings is 1. The number of aromatic nitrogens is 1. The van der Waals surface area contributed by atoms with E-state index < -0.39 is 0 Å². The Morgan fingerprint density at radius 3 is 2.67 bits per heavy atom. The second kappa shape index (κ2) is 9.91. The molecule has 1 aromatic heterocycles. The molecular weight excluding hydrogens is 408 g/mol. The van der Waals surface area contributed by atoms with Crippen LogP contribution < -0.4 is 4.90 Å². The third-order valence-electron chi connectivity index (χ3n) is 7.10. The van der Waals surface area contributed by atoms with Crippen molar-refractivity contribution < 1.29 is 4.74 Å². The van der Waals surface area contributed by atoms with Gasteiger partial charge in [0.05, 0.1) is 23.3 Å². The highest BCUT2D eigenvalue weighted by Gasteiger charge is 2.36. The lowest BCUT2D eigenvalue weighted by Gasteiger charge is -2.44. The molecule has 0 saturated carbocycles. The Bertz CT molecular complexity index is 1120. The van der Waals surface area contributed by atoms with E-state index in [4.69, 9.17) is 4.74 Å². The molecule has 170 valence electrons. The van der Waals surface area contributed by atoms with Gasteiger partial charge in [-0.1, -0.05) is 30.3 Å². The van der Waals surface area contributed by atoms with Gasteiger partial charge in [0.2, 0.25) is 0 Å². The summed E-state index contributed by atoms with van der Waals surface area (Å²) in [5.74, 6) is 0. The van der Waals surface area contributed by atoms with Crippen LogP contribution in [0.15, 0.2) is 60.8 Å². The van der Waals surface area contributed by atoms with E-state index in [1.165, 1.54) is 18.4 Å². The SMILES string of the molecule is C[C@@H]1CN(c2ccc(C#N)c3ncccc23)C[C@H]([C@H](CCc2ccccc2)N2CCCC2)O1. The number of ether oxygens (including phenoxy) is 1. The van der Waals surface area contributed by atoms with Gasteiger partial charge in [0.25, 0.3) is 0 Å². The molecule has 5 rings (SSSR count). The topological polar surface area (TPSA) is 52.4 Å². The zero-order valence-electron chi connectivity index (χ0n) is 19.4. The Hall–Kier alpha value is -2.94. The van der Waals surface area contributed by atoms with Crippen molar-refractivity contribution in [1.29, 1.82) is 5.26 Å². The molecule has 0 amide bonds. The molecule has 0 radical (unpaired) electrons. The van der Waals surface area contributed by atoms with Crippen LogP contribution in [0.4, 0.5) is 5.69 Å². The Labute approximate surface area is 196 Å². The van der Waals surface area contributed by atoms with Crippen molar-refractivity contribution in [2.45, 2.75) is 50.9 Å². The van der Waals surface area contributed by atoms with Crippen molar-refractivity contribution in [3.8, 4) is 6.07 Å². The van der Waals surface area contributed by atoms with Crippen molar-refractivity contribution in [2.75, 3.05) is 31.1 Å². The molecule has 0 aliphatic carbocycles. The van der Waals surface area contributed by atoms with Crippen LogP contribution in [0.3, 0.4) is 0 Å². The van der Waals surface area contributed by atoms with E-state index in [9.17, 15) is 5.26 Å². The standard InChI is InChI=1S/C28H32N4O/c1-21-19-32(25-14-12-23(18-29)28-24(25)10-7-15-30-28)20-27(33-21)26(31-16-5-6-17-31)13-11-22-8-3-2-4-9-22/h2-4,7-10,12,14-15,21,26-27H,5-6,11,13,16-17,19-20H2,1H3/t21-,26+,27-/m1/s1. The highest BCUT2D eigenvalue weighted by molar-refractivity contribution is 5.95. The van der Waals surface area contributed by atoms with Crippen LogP contribution in [-0.2, 0) is 11.2 Å². The molecule has 33 heavy (non-hydrogen) atoms. The van der Waals surface area contributed by atoms with Gasteiger partial charge in [-0.15, -0.1) is 0 Å². The first-order valence-electron chi connectivity index (χ1n) is 12.2. The number of anilines is 1. The van der Waals surface area contributed by atoms with Crippen molar-refractivity contribution in [1.82, 2.24) is 9.88 Å². The summed E-state index contributed by atoms with van der Waals surface area (Å²) >= 11 is 0. The Balaban J connectivity index is 1.42. The van der Waals surface area contributed by atoms with E-state index in [2.05, 4.69) is 70.2 Å². The predicted molar refractivity (Wildman–Crippen MR) is 132 cm³/mol. The summed E-state index contributed by atoms with van der Waals surface area (Å²) in [6.45, 7) is 6.21. The highest BCUT2D eigenvalue weighted by atomic mass is 16.5. The first-order valence-corrected chi connectivity index (χ1v) is 12.2. The van der Waals surface area contributed by atoms with Gasteiger partial charge in [0.1, 0.15) is 6.07 Å². The van der Waals surface area contributed by atoms with Crippen molar-refractivity contribution in [2.24, 2.45) is 0 Å². The maximum absolute atomic E-state index is 9.54. The molecule has 5 heteroatoms. The Morgan fingerprint density at radius 2 is 1.88 bits per heavy atom. The second-order valence-corrected chi connectivity index (χ2v) is 9.37. The lowest BCUT2D eigenvalue weighted by atomic mass is 9.97. The molecule has 3 aromatic rings. The number of benzene rings is 2. The van der Waals surface area contributed by atoms with Crippen LogP contribution in [0.1, 0.15) is 37.3 Å². The molecule has 0 bridgehead atoms. The fraction of sp³-hybridized carbons (Fsp3) is 0.429. The molecule has 2 aliphatic heterocycles. The maximum Gasteiger partial charge on any atom is 0.101 e. The minimum atomic E-state index is 0.146. The number of hydrogen-bond donors (Lipinski definition) is 0. The number of aryl methyl sites for hydroxylation is 1. The van der Waals surface area contributed by atoms with Gasteiger partial charge in [-0.05, 0) is 75.5 Å². The summed E-state index contributed by atoms with van der Waals surface area (Å²) in [4.78, 5) is 9.63. The number of hydrogen-bond acceptors (Lipinski definition) is 5. The molecule has 3 heterocycles. The van der Waals surface area contributed by atoms with Crippen molar-refractivity contribution in [3.63, 3.8) is 0 Å². The van der Waals surface area contributed by atoms with Gasteiger partial charge < -0.3 is 9.64 Å². The Kier molecular flexibility index (Phi) is 6.57. The third kappa shape index (κ3) is 4.73. The summed E-state index contributed by atoms with van der Waals surface area (Å²) in [5, 5.41) is 10.6. The molecular formula is C28H32N4O. The molecule has 0 spiro atoms. The number of likely N-dealkylation sites (tertiary alicyclic amines) is 1. The molecule has 2 fully saturated rings. The predicted octanol–water partition coefficient (Wildman–Crippen LogP) is 4.80. The maximum atomic E-state index is 9.54. The lowest BCUT2D eigenvalue weighted by molar-refractivity contribution is -0.0603. The minimum absolute atomic E-state index is 0.146. The smallest absolute Gasteiger partial charge is 0.101 e. The summed E-state index contributed by atoms with van der Waals surface area (Å²) in [6.07, 6.45) is 6.79. The lowest BCUT2D eigenvalue weighted by Crippen LogP contribution is -2.55. The summed E-state index contributed by atoms with van der Waals surface area (Å²) in [5.41, 5.74) is 3.96. The number of fused-ring (bicyclic) bond motifs is 1. The van der Waals surface area contributed by atoms with Crippen LogP contribution in [0.2, 0.25) is 0 Å². The third-order valence-corrected chi connectivity index (χ3v) is 7.10. The van der Waals surface area contributed by atoms with Gasteiger partial charge in [-0.3, -0.25) is 9.88 Å². The number of morpholine rings is 1. The largest absolute Gasteiger partial charge is 0.370 e. The van der Waals surface area contributed by atoms with Gasteiger partial charge in [0.15, 0.2) is 0 Å². The molecule has 3 atom stereocenters. The number of nitriles is 1. The summed E-state index contributed by atoms with van der Waals surface area (Å²) < 4.78 is 6.61. The minimum Gasteiger partial charge on any atom is -0.370 e. The van der Waals surface area contributed by atoms with Crippen molar-refractivity contribution in [3.05, 3.63) is 71.9 Å². The fourth-order valence-electron chi connectivity index (χ4n) is 5.56. The van der Waals surface area contributed by atoms with Crippen LogP contribution in [0.5, 0.6) is 0 Å². The molecule has 2 aliphatic rings. The van der Waals surface area contributed by atoms with E-state index >= 15 is 0 Å². The molecule has 0 N–H and O–H groups in total. The zero-order chi connectivity index (χ0) is 22.6. The highest BCUT2D eigenvalue weighted by Crippen LogP contribution is 2.32. The monoisotopic (exact) mass is 440 g/mol. The van der Waals surface area contributed by atoms with Gasteiger partial charge in [-0.2, -0.15) is 5.26 Å². The molecule has 2 aromatic carbocycles. The first-order chi connectivity index (χ1) is 16.2. The first kappa shape index (κ1) is 21.9. The van der Waals surface area contributed by atoms with Crippen LogP contribution in [0, 0.1) is 11.3 Å². The van der Waals surface area contributed by atoms with E-state index in [1.807, 2.05) is 12.1 Å². The second-order valence-electron chi connectivity index (χ2n) is 9.37. The summed E-state index contributed by atoms with van der Waals surface area (Å²) in [6, 6.07) is 21.5. The van der Waals surface area contributed by atoms with Crippen LogP contribution in [0.25, 0.3) is 10.9 Å². The van der Waals surface area contributed by atoms with Gasteiger partial charge in [-0.25, -0.2) is 0 Å². The number of nitrogens with zero attached hydrogens (tertiary/aromatic N) is 4. The Morgan fingerprint density at radius 1 is 1.06 bits per heavy atom.